The van der Waals surface area contributed by atoms with Crippen molar-refractivity contribution in [2.45, 2.75) is 30.5 Å². The average molecular weight is 376 g/mol. The van der Waals surface area contributed by atoms with Crippen LogP contribution in [0, 0.1) is 0 Å². The van der Waals surface area contributed by atoms with E-state index in [1.165, 1.54) is 0 Å². The summed E-state index contributed by atoms with van der Waals surface area (Å²) in [5, 5.41) is 20.7. The predicted octanol–water partition coefficient (Wildman–Crippen LogP) is 3.46. The van der Waals surface area contributed by atoms with Gasteiger partial charge in [-0.1, -0.05) is 91.0 Å². The summed E-state index contributed by atoms with van der Waals surface area (Å²) in [5.41, 5.74) is 1.70. The van der Waals surface area contributed by atoms with Crippen molar-refractivity contribution in [1.82, 2.24) is 0 Å². The zero-order chi connectivity index (χ0) is 19.6. The van der Waals surface area contributed by atoms with Crippen molar-refractivity contribution < 1.29 is 19.7 Å². The van der Waals surface area contributed by atoms with Gasteiger partial charge < -0.3 is 19.7 Å². The van der Waals surface area contributed by atoms with E-state index in [1.54, 1.807) is 6.92 Å². The lowest BCUT2D eigenvalue weighted by molar-refractivity contribution is -0.273. The Morgan fingerprint density at radius 2 is 1.18 bits per heavy atom. The fourth-order valence-electron chi connectivity index (χ4n) is 3.87. The molecule has 0 amide bonds. The molecule has 4 heteroatoms. The SMILES string of the molecule is CC1(OC(c2ccccc2)(c2ccccc2)c2ccccc2)OCC(O)C1O. The van der Waals surface area contributed by atoms with E-state index in [9.17, 15) is 10.2 Å². The van der Waals surface area contributed by atoms with Crippen LogP contribution in [0.1, 0.15) is 23.6 Å². The summed E-state index contributed by atoms with van der Waals surface area (Å²) in [4.78, 5) is 0. The van der Waals surface area contributed by atoms with Gasteiger partial charge in [0.2, 0.25) is 0 Å². The molecule has 1 aliphatic heterocycles. The van der Waals surface area contributed by atoms with E-state index in [-0.39, 0.29) is 6.61 Å². The highest BCUT2D eigenvalue weighted by Crippen LogP contribution is 2.45. The quantitative estimate of drug-likeness (QED) is 0.670. The van der Waals surface area contributed by atoms with Crippen LogP contribution >= 0.6 is 0 Å². The van der Waals surface area contributed by atoms with E-state index in [0.29, 0.717) is 0 Å². The minimum Gasteiger partial charge on any atom is -0.388 e. The van der Waals surface area contributed by atoms with Crippen molar-refractivity contribution in [3.05, 3.63) is 108 Å². The summed E-state index contributed by atoms with van der Waals surface area (Å²) in [6, 6.07) is 29.6. The van der Waals surface area contributed by atoms with E-state index in [4.69, 9.17) is 9.47 Å². The number of hydrogen-bond donors (Lipinski definition) is 2. The minimum atomic E-state index is -1.37. The van der Waals surface area contributed by atoms with Crippen LogP contribution in [0.3, 0.4) is 0 Å². The molecule has 3 aromatic carbocycles. The molecule has 0 aromatic heterocycles. The van der Waals surface area contributed by atoms with E-state index in [0.717, 1.165) is 16.7 Å². The van der Waals surface area contributed by atoms with Gasteiger partial charge in [-0.05, 0) is 23.6 Å². The van der Waals surface area contributed by atoms with Gasteiger partial charge in [0.05, 0.1) is 6.61 Å². The van der Waals surface area contributed by atoms with Gasteiger partial charge in [-0.15, -0.1) is 0 Å². The molecule has 3 unspecified atom stereocenters. The van der Waals surface area contributed by atoms with Gasteiger partial charge in [-0.3, -0.25) is 0 Å². The molecule has 4 nitrogen and oxygen atoms in total. The fraction of sp³-hybridized carbons (Fsp3) is 0.250. The molecule has 1 saturated heterocycles. The zero-order valence-electron chi connectivity index (χ0n) is 15.7. The summed E-state index contributed by atoms with van der Waals surface area (Å²) in [5.74, 6) is -1.37. The second-order valence-corrected chi connectivity index (χ2v) is 7.22. The highest BCUT2D eigenvalue weighted by atomic mass is 16.7. The second-order valence-electron chi connectivity index (χ2n) is 7.22. The molecule has 2 N–H and O–H groups in total. The van der Waals surface area contributed by atoms with Crippen molar-refractivity contribution in [2.75, 3.05) is 6.61 Å². The van der Waals surface area contributed by atoms with Gasteiger partial charge in [0.1, 0.15) is 17.8 Å². The molecule has 0 saturated carbocycles. The maximum absolute atomic E-state index is 10.6. The first kappa shape index (κ1) is 18.8. The molecule has 28 heavy (non-hydrogen) atoms. The molecule has 1 heterocycles. The van der Waals surface area contributed by atoms with E-state index in [2.05, 4.69) is 0 Å². The minimum absolute atomic E-state index is 0.0200. The fourth-order valence-corrected chi connectivity index (χ4v) is 3.87. The molecule has 144 valence electrons. The first-order valence-corrected chi connectivity index (χ1v) is 9.43. The third-order valence-corrected chi connectivity index (χ3v) is 5.34. The standard InChI is InChI=1S/C24H24O4/c1-23(22(26)21(25)17-27-23)28-24(18-11-5-2-6-12-18,19-13-7-3-8-14-19)20-15-9-4-10-16-20/h2-16,21-22,25-26H,17H2,1H3. The summed E-state index contributed by atoms with van der Waals surface area (Å²) < 4.78 is 12.5. The zero-order valence-corrected chi connectivity index (χ0v) is 15.7. The Kier molecular flexibility index (Phi) is 5.04. The second kappa shape index (κ2) is 7.49. The molecule has 3 aromatic rings. The Morgan fingerprint density at radius 3 is 1.50 bits per heavy atom. The number of rotatable bonds is 5. The van der Waals surface area contributed by atoms with Crippen molar-refractivity contribution in [1.29, 1.82) is 0 Å². The van der Waals surface area contributed by atoms with Crippen LogP contribution in [0.4, 0.5) is 0 Å². The number of hydrogen-bond acceptors (Lipinski definition) is 4. The summed E-state index contributed by atoms with van der Waals surface area (Å²) in [6.45, 7) is 1.70. The molecule has 0 aliphatic carbocycles. The molecule has 1 fully saturated rings. The number of ether oxygens (including phenoxy) is 2. The van der Waals surface area contributed by atoms with Crippen LogP contribution in [-0.4, -0.2) is 34.8 Å². The smallest absolute Gasteiger partial charge is 0.196 e. The topological polar surface area (TPSA) is 58.9 Å². The van der Waals surface area contributed by atoms with Gasteiger partial charge in [-0.25, -0.2) is 0 Å². The van der Waals surface area contributed by atoms with Crippen LogP contribution in [0.25, 0.3) is 0 Å². The summed E-state index contributed by atoms with van der Waals surface area (Å²) >= 11 is 0. The summed E-state index contributed by atoms with van der Waals surface area (Å²) in [6.07, 6.45) is -2.16. The Labute approximate surface area is 165 Å². The molecular formula is C24H24O4. The largest absolute Gasteiger partial charge is 0.388 e. The molecule has 0 radical (unpaired) electrons. The molecule has 1 aliphatic rings. The maximum Gasteiger partial charge on any atom is 0.196 e. The van der Waals surface area contributed by atoms with Crippen LogP contribution < -0.4 is 0 Å². The van der Waals surface area contributed by atoms with Gasteiger partial charge in [0.15, 0.2) is 5.79 Å². The number of aliphatic hydroxyl groups excluding tert-OH is 2. The Bertz CT molecular complexity index is 801. The highest BCUT2D eigenvalue weighted by molar-refractivity contribution is 5.47. The van der Waals surface area contributed by atoms with Crippen LogP contribution in [0.15, 0.2) is 91.0 Å². The van der Waals surface area contributed by atoms with Crippen molar-refractivity contribution in [3.63, 3.8) is 0 Å². The Balaban J connectivity index is 1.97. The highest BCUT2D eigenvalue weighted by Gasteiger charge is 2.53. The third-order valence-electron chi connectivity index (χ3n) is 5.34. The average Bonchev–Trinajstić information content (AvgIpc) is 3.01. The van der Waals surface area contributed by atoms with E-state index < -0.39 is 23.6 Å². The lowest BCUT2D eigenvalue weighted by Crippen LogP contribution is -2.50. The van der Waals surface area contributed by atoms with Gasteiger partial charge in [0, 0.05) is 0 Å². The summed E-state index contributed by atoms with van der Waals surface area (Å²) in [7, 11) is 0. The van der Waals surface area contributed by atoms with E-state index in [1.807, 2.05) is 91.0 Å². The molecule has 0 spiro atoms. The van der Waals surface area contributed by atoms with Gasteiger partial charge >= 0.3 is 0 Å². The van der Waals surface area contributed by atoms with Crippen LogP contribution in [-0.2, 0) is 15.1 Å². The van der Waals surface area contributed by atoms with Crippen LogP contribution in [0.5, 0.6) is 0 Å². The molecule has 4 rings (SSSR count). The molecular weight excluding hydrogens is 352 g/mol. The molecule has 3 atom stereocenters. The first-order chi connectivity index (χ1) is 13.6. The lowest BCUT2D eigenvalue weighted by Gasteiger charge is -2.42. The lowest BCUT2D eigenvalue weighted by atomic mass is 9.79. The van der Waals surface area contributed by atoms with Crippen molar-refractivity contribution in [3.8, 4) is 0 Å². The van der Waals surface area contributed by atoms with Crippen molar-refractivity contribution >= 4 is 0 Å². The molecule has 0 bridgehead atoms. The first-order valence-electron chi connectivity index (χ1n) is 9.43. The van der Waals surface area contributed by atoms with Crippen LogP contribution in [0.2, 0.25) is 0 Å². The monoisotopic (exact) mass is 376 g/mol. The number of benzene rings is 3. The number of aliphatic hydroxyl groups is 2. The normalized spacial score (nSPS) is 25.0. The third kappa shape index (κ3) is 3.15. The predicted molar refractivity (Wildman–Crippen MR) is 107 cm³/mol. The van der Waals surface area contributed by atoms with E-state index >= 15 is 0 Å². The Hall–Kier alpha value is -2.50. The Morgan fingerprint density at radius 1 is 0.786 bits per heavy atom. The van der Waals surface area contributed by atoms with Crippen molar-refractivity contribution in [2.24, 2.45) is 0 Å². The van der Waals surface area contributed by atoms with Gasteiger partial charge in [-0.2, -0.15) is 0 Å². The maximum atomic E-state index is 10.6. The van der Waals surface area contributed by atoms with Gasteiger partial charge in [0.25, 0.3) is 0 Å².